The molecule has 0 aliphatic rings. The van der Waals surface area contributed by atoms with Crippen molar-refractivity contribution in [3.8, 4) is 0 Å². The van der Waals surface area contributed by atoms with Gasteiger partial charge in [0, 0.05) is 24.8 Å². The van der Waals surface area contributed by atoms with Crippen molar-refractivity contribution in [1.82, 2.24) is 4.98 Å². The molecule has 1 amide bonds. The highest BCUT2D eigenvalue weighted by atomic mass is 32.1. The number of carbonyl (C=O) groups is 1. The Kier molecular flexibility index (Phi) is 3.83. The summed E-state index contributed by atoms with van der Waals surface area (Å²) in [5.41, 5.74) is 5.81. The van der Waals surface area contributed by atoms with E-state index in [-0.39, 0.29) is 5.91 Å². The van der Waals surface area contributed by atoms with Gasteiger partial charge in [-0.05, 0) is 29.8 Å². The zero-order chi connectivity index (χ0) is 14.7. The molecule has 1 aromatic heterocycles. The van der Waals surface area contributed by atoms with Crippen LogP contribution in [-0.2, 0) is 11.3 Å². The number of amides is 1. The number of nitrogens with zero attached hydrogens (tertiary/aromatic N) is 1. The topological polar surface area (TPSA) is 54.0 Å². The van der Waals surface area contributed by atoms with E-state index in [4.69, 9.17) is 0 Å². The van der Waals surface area contributed by atoms with Crippen LogP contribution < -0.4 is 10.6 Å². The maximum absolute atomic E-state index is 11.2. The number of nitrogens with one attached hydrogen (secondary N) is 2. The number of carbonyl (C=O) groups excluding carboxylic acids is 1. The minimum atomic E-state index is -0.0615. The van der Waals surface area contributed by atoms with Crippen molar-refractivity contribution in [1.29, 1.82) is 0 Å². The van der Waals surface area contributed by atoms with Crippen LogP contribution >= 0.6 is 11.3 Å². The van der Waals surface area contributed by atoms with E-state index in [1.165, 1.54) is 6.92 Å². The third-order valence-corrected chi connectivity index (χ3v) is 3.93. The quantitative estimate of drug-likeness (QED) is 0.768. The largest absolute Gasteiger partial charge is 0.381 e. The molecule has 3 rings (SSSR count). The highest BCUT2D eigenvalue weighted by molar-refractivity contribution is 7.16. The molecule has 2 N–H and O–H groups in total. The van der Waals surface area contributed by atoms with Gasteiger partial charge in [-0.1, -0.05) is 18.2 Å². The normalized spacial score (nSPS) is 10.5. The molecule has 0 saturated carbocycles. The van der Waals surface area contributed by atoms with Crippen LogP contribution in [0.5, 0.6) is 0 Å². The summed E-state index contributed by atoms with van der Waals surface area (Å²) < 4.78 is 1.16. The highest BCUT2D eigenvalue weighted by Crippen LogP contribution is 2.23. The van der Waals surface area contributed by atoms with Crippen molar-refractivity contribution in [3.63, 3.8) is 0 Å². The number of fused-ring (bicyclic) bond motifs is 1. The van der Waals surface area contributed by atoms with Crippen LogP contribution in [0, 0.1) is 0 Å². The fraction of sp³-hybridized carbons (Fsp3) is 0.125. The molecule has 0 spiro atoms. The van der Waals surface area contributed by atoms with Crippen LogP contribution in [0.15, 0.2) is 48.0 Å². The van der Waals surface area contributed by atoms with Gasteiger partial charge in [-0.3, -0.25) is 4.79 Å². The monoisotopic (exact) mass is 297 g/mol. The molecule has 0 aliphatic heterocycles. The van der Waals surface area contributed by atoms with Crippen LogP contribution in [-0.4, -0.2) is 10.9 Å². The van der Waals surface area contributed by atoms with Crippen LogP contribution in [0.25, 0.3) is 10.2 Å². The predicted octanol–water partition coefficient (Wildman–Crippen LogP) is 3.87. The summed E-state index contributed by atoms with van der Waals surface area (Å²) >= 11 is 1.63. The molecule has 2 aromatic carbocycles. The minimum absolute atomic E-state index is 0.0615. The van der Waals surface area contributed by atoms with Crippen LogP contribution in [0.3, 0.4) is 0 Å². The van der Waals surface area contributed by atoms with Crippen LogP contribution in [0.4, 0.5) is 11.4 Å². The van der Waals surface area contributed by atoms with Crippen molar-refractivity contribution in [2.75, 3.05) is 10.6 Å². The molecule has 21 heavy (non-hydrogen) atoms. The smallest absolute Gasteiger partial charge is 0.221 e. The number of benzene rings is 2. The van der Waals surface area contributed by atoms with E-state index in [0.717, 1.165) is 27.2 Å². The summed E-state index contributed by atoms with van der Waals surface area (Å²) in [5.74, 6) is -0.0615. The maximum atomic E-state index is 11.2. The molecule has 0 unspecified atom stereocenters. The molecular weight excluding hydrogens is 282 g/mol. The second-order valence-electron chi connectivity index (χ2n) is 4.73. The molecule has 0 atom stereocenters. The second-order valence-corrected chi connectivity index (χ2v) is 5.61. The van der Waals surface area contributed by atoms with Gasteiger partial charge in [0.25, 0.3) is 0 Å². The van der Waals surface area contributed by atoms with Gasteiger partial charge in [0.15, 0.2) is 0 Å². The van der Waals surface area contributed by atoms with Crippen molar-refractivity contribution >= 4 is 38.8 Å². The Morgan fingerprint density at radius 3 is 2.95 bits per heavy atom. The van der Waals surface area contributed by atoms with Gasteiger partial charge in [-0.15, -0.1) is 11.3 Å². The average molecular weight is 297 g/mol. The first-order chi connectivity index (χ1) is 10.2. The summed E-state index contributed by atoms with van der Waals surface area (Å²) in [6, 6.07) is 13.9. The first-order valence-corrected chi connectivity index (χ1v) is 7.53. The Hall–Kier alpha value is -2.40. The number of para-hydroxylation sites is 1. The van der Waals surface area contributed by atoms with Gasteiger partial charge < -0.3 is 10.6 Å². The van der Waals surface area contributed by atoms with Crippen molar-refractivity contribution in [2.45, 2.75) is 13.5 Å². The summed E-state index contributed by atoms with van der Waals surface area (Å²) in [6.07, 6.45) is 0. The summed E-state index contributed by atoms with van der Waals surface area (Å²) in [6.45, 7) is 2.17. The van der Waals surface area contributed by atoms with Gasteiger partial charge in [0.05, 0.1) is 15.7 Å². The molecule has 4 nitrogen and oxygen atoms in total. The van der Waals surface area contributed by atoms with E-state index in [1.54, 1.807) is 11.3 Å². The molecule has 3 aromatic rings. The zero-order valence-electron chi connectivity index (χ0n) is 11.6. The molecule has 0 bridgehead atoms. The SMILES string of the molecule is CC(=O)Nc1ccccc1CNc1ccc2ncsc2c1. The molecule has 0 saturated heterocycles. The number of thiazole rings is 1. The fourth-order valence-electron chi connectivity index (χ4n) is 2.15. The van der Waals surface area contributed by atoms with E-state index in [0.29, 0.717) is 6.54 Å². The van der Waals surface area contributed by atoms with E-state index >= 15 is 0 Å². The molecule has 0 fully saturated rings. The second kappa shape index (κ2) is 5.93. The number of rotatable bonds is 4. The van der Waals surface area contributed by atoms with Crippen molar-refractivity contribution in [2.24, 2.45) is 0 Å². The van der Waals surface area contributed by atoms with Crippen molar-refractivity contribution < 1.29 is 4.79 Å². The van der Waals surface area contributed by atoms with Gasteiger partial charge in [0.2, 0.25) is 5.91 Å². The van der Waals surface area contributed by atoms with Gasteiger partial charge >= 0.3 is 0 Å². The number of hydrogen-bond donors (Lipinski definition) is 2. The summed E-state index contributed by atoms with van der Waals surface area (Å²) in [7, 11) is 0. The average Bonchev–Trinajstić information content (AvgIpc) is 2.93. The van der Waals surface area contributed by atoms with E-state index < -0.39 is 0 Å². The lowest BCUT2D eigenvalue weighted by atomic mass is 10.1. The Morgan fingerprint density at radius 1 is 1.24 bits per heavy atom. The first kappa shape index (κ1) is 13.6. The highest BCUT2D eigenvalue weighted by Gasteiger charge is 2.04. The fourth-order valence-corrected chi connectivity index (χ4v) is 2.86. The Morgan fingerprint density at radius 2 is 2.10 bits per heavy atom. The lowest BCUT2D eigenvalue weighted by molar-refractivity contribution is -0.114. The Bertz CT molecular complexity index is 782. The molecule has 106 valence electrons. The number of hydrogen-bond acceptors (Lipinski definition) is 4. The first-order valence-electron chi connectivity index (χ1n) is 6.65. The third-order valence-electron chi connectivity index (χ3n) is 3.14. The predicted molar refractivity (Wildman–Crippen MR) is 87.7 cm³/mol. The number of anilines is 2. The zero-order valence-corrected chi connectivity index (χ0v) is 12.4. The van der Waals surface area contributed by atoms with E-state index in [2.05, 4.69) is 21.7 Å². The molecule has 1 heterocycles. The molecular formula is C16H15N3OS. The maximum Gasteiger partial charge on any atom is 0.221 e. The lowest BCUT2D eigenvalue weighted by Gasteiger charge is -2.11. The standard InChI is InChI=1S/C16H15N3OS/c1-11(20)19-14-5-3-2-4-12(14)9-17-13-6-7-15-16(8-13)21-10-18-15/h2-8,10,17H,9H2,1H3,(H,19,20). The summed E-state index contributed by atoms with van der Waals surface area (Å²) in [5, 5.41) is 6.23. The molecule has 5 heteroatoms. The Labute approximate surface area is 126 Å². The lowest BCUT2D eigenvalue weighted by Crippen LogP contribution is -2.10. The van der Waals surface area contributed by atoms with Crippen molar-refractivity contribution in [3.05, 3.63) is 53.5 Å². The summed E-state index contributed by atoms with van der Waals surface area (Å²) in [4.78, 5) is 15.5. The van der Waals surface area contributed by atoms with Gasteiger partial charge in [-0.2, -0.15) is 0 Å². The van der Waals surface area contributed by atoms with E-state index in [1.807, 2.05) is 41.9 Å². The van der Waals surface area contributed by atoms with Crippen LogP contribution in [0.2, 0.25) is 0 Å². The third kappa shape index (κ3) is 3.20. The van der Waals surface area contributed by atoms with Gasteiger partial charge in [0.1, 0.15) is 0 Å². The number of aromatic nitrogens is 1. The Balaban J connectivity index is 1.76. The van der Waals surface area contributed by atoms with Gasteiger partial charge in [-0.25, -0.2) is 4.98 Å². The van der Waals surface area contributed by atoms with E-state index in [9.17, 15) is 4.79 Å². The minimum Gasteiger partial charge on any atom is -0.381 e. The molecule has 0 aliphatic carbocycles. The molecule has 0 radical (unpaired) electrons. The van der Waals surface area contributed by atoms with Crippen LogP contribution in [0.1, 0.15) is 12.5 Å².